The van der Waals surface area contributed by atoms with Crippen molar-refractivity contribution in [3.8, 4) is 5.75 Å². The molecule has 1 aromatic carbocycles. The molecule has 1 fully saturated rings. The van der Waals surface area contributed by atoms with E-state index in [1.54, 1.807) is 6.07 Å². The summed E-state index contributed by atoms with van der Waals surface area (Å²) in [6.45, 7) is 3.08. The van der Waals surface area contributed by atoms with E-state index < -0.39 is 10.0 Å². The molecule has 0 radical (unpaired) electrons. The van der Waals surface area contributed by atoms with Gasteiger partial charge in [0.25, 0.3) is 0 Å². The molecule has 1 heterocycles. The summed E-state index contributed by atoms with van der Waals surface area (Å²) in [5, 5.41) is 9.34. The number of nitrogens with one attached hydrogen (secondary N) is 1. The molecule has 0 saturated carbocycles. The van der Waals surface area contributed by atoms with Crippen molar-refractivity contribution in [2.75, 3.05) is 19.8 Å². The van der Waals surface area contributed by atoms with Gasteiger partial charge in [-0.15, -0.1) is 0 Å². The Hall–Kier alpha value is -1.15. The number of rotatable bonds is 6. The average Bonchev–Trinajstić information content (AvgIpc) is 2.48. The van der Waals surface area contributed by atoms with Crippen LogP contribution in [0, 0.1) is 0 Å². The molecule has 6 nitrogen and oxygen atoms in total. The summed E-state index contributed by atoms with van der Waals surface area (Å²) in [5.74, 6) is 0.500. The van der Waals surface area contributed by atoms with Crippen molar-refractivity contribution in [3.05, 3.63) is 23.8 Å². The molecule has 0 aliphatic carbocycles. The first kappa shape index (κ1) is 16.2. The van der Waals surface area contributed by atoms with Crippen molar-refractivity contribution >= 4 is 10.0 Å². The lowest BCUT2D eigenvalue weighted by Crippen LogP contribution is -2.40. The quantitative estimate of drug-likeness (QED) is 0.819. The van der Waals surface area contributed by atoms with Crippen LogP contribution in [0.5, 0.6) is 5.75 Å². The fourth-order valence-corrected chi connectivity index (χ4v) is 3.57. The molecule has 0 spiro atoms. The molecule has 0 bridgehead atoms. The molecule has 0 aromatic heterocycles. The van der Waals surface area contributed by atoms with Crippen molar-refractivity contribution < 1.29 is 23.0 Å². The molecule has 1 aliphatic rings. The average molecular weight is 315 g/mol. The van der Waals surface area contributed by atoms with E-state index in [4.69, 9.17) is 9.47 Å². The van der Waals surface area contributed by atoms with Crippen molar-refractivity contribution in [3.63, 3.8) is 0 Å². The molecule has 1 atom stereocenters. The second kappa shape index (κ2) is 7.22. The first-order valence-corrected chi connectivity index (χ1v) is 8.51. The van der Waals surface area contributed by atoms with Gasteiger partial charge < -0.3 is 14.6 Å². The van der Waals surface area contributed by atoms with E-state index in [0.29, 0.717) is 31.1 Å². The molecule has 0 amide bonds. The van der Waals surface area contributed by atoms with Gasteiger partial charge in [-0.3, -0.25) is 0 Å². The van der Waals surface area contributed by atoms with Gasteiger partial charge in [-0.25, -0.2) is 13.1 Å². The standard InChI is InChI=1S/C14H21NO5S/c1-2-20-14-6-5-13(8-11(14)9-16)21(17,18)15-12-4-3-7-19-10-12/h5-6,8,12,15-16H,2-4,7,9-10H2,1H3. The van der Waals surface area contributed by atoms with Crippen LogP contribution in [0.2, 0.25) is 0 Å². The zero-order chi connectivity index (χ0) is 15.3. The lowest BCUT2D eigenvalue weighted by molar-refractivity contribution is 0.0774. The Morgan fingerprint density at radius 2 is 2.29 bits per heavy atom. The third-order valence-corrected chi connectivity index (χ3v) is 4.81. The maximum Gasteiger partial charge on any atom is 0.240 e. The largest absolute Gasteiger partial charge is 0.494 e. The Morgan fingerprint density at radius 1 is 1.48 bits per heavy atom. The molecule has 21 heavy (non-hydrogen) atoms. The van der Waals surface area contributed by atoms with E-state index in [-0.39, 0.29) is 17.5 Å². The molecule has 118 valence electrons. The van der Waals surface area contributed by atoms with Crippen molar-refractivity contribution in [2.45, 2.75) is 37.3 Å². The van der Waals surface area contributed by atoms with Crippen LogP contribution in [0.3, 0.4) is 0 Å². The first-order valence-electron chi connectivity index (χ1n) is 7.03. The van der Waals surface area contributed by atoms with Gasteiger partial charge >= 0.3 is 0 Å². The van der Waals surface area contributed by atoms with E-state index in [0.717, 1.165) is 12.8 Å². The van der Waals surface area contributed by atoms with Gasteiger partial charge in [0.05, 0.1) is 24.7 Å². The van der Waals surface area contributed by atoms with E-state index in [2.05, 4.69) is 4.72 Å². The third kappa shape index (κ3) is 4.16. The van der Waals surface area contributed by atoms with E-state index in [1.807, 2.05) is 6.92 Å². The zero-order valence-corrected chi connectivity index (χ0v) is 12.9. The van der Waals surface area contributed by atoms with Crippen LogP contribution in [0.1, 0.15) is 25.3 Å². The second-order valence-electron chi connectivity index (χ2n) is 4.90. The SMILES string of the molecule is CCOc1ccc(S(=O)(=O)NC2CCCOC2)cc1CO. The number of aliphatic hydroxyl groups is 1. The highest BCUT2D eigenvalue weighted by Gasteiger charge is 2.23. The minimum Gasteiger partial charge on any atom is -0.494 e. The van der Waals surface area contributed by atoms with Gasteiger partial charge in [0.15, 0.2) is 0 Å². The number of ether oxygens (including phenoxy) is 2. The Bertz CT molecular complexity index is 567. The summed E-state index contributed by atoms with van der Waals surface area (Å²) in [5.41, 5.74) is 0.458. The topological polar surface area (TPSA) is 84.9 Å². The number of benzene rings is 1. The van der Waals surface area contributed by atoms with E-state index >= 15 is 0 Å². The summed E-state index contributed by atoms with van der Waals surface area (Å²) in [6.07, 6.45) is 1.61. The lowest BCUT2D eigenvalue weighted by atomic mass is 10.1. The van der Waals surface area contributed by atoms with Crippen LogP contribution in [0.15, 0.2) is 23.1 Å². The molecular weight excluding hydrogens is 294 g/mol. The van der Waals surface area contributed by atoms with Crippen molar-refractivity contribution in [1.82, 2.24) is 4.72 Å². The highest BCUT2D eigenvalue weighted by Crippen LogP contribution is 2.23. The third-order valence-electron chi connectivity index (χ3n) is 3.29. The number of hydrogen-bond acceptors (Lipinski definition) is 5. The minimum atomic E-state index is -3.62. The van der Waals surface area contributed by atoms with Crippen LogP contribution >= 0.6 is 0 Å². The summed E-state index contributed by atoms with van der Waals surface area (Å²) >= 11 is 0. The summed E-state index contributed by atoms with van der Waals surface area (Å²) in [6, 6.07) is 4.29. The summed E-state index contributed by atoms with van der Waals surface area (Å²) in [7, 11) is -3.62. The van der Waals surface area contributed by atoms with Gasteiger partial charge in [0, 0.05) is 18.2 Å². The Labute approximate surface area is 125 Å². The summed E-state index contributed by atoms with van der Waals surface area (Å²) < 4.78 is 38.0. The Balaban J connectivity index is 2.18. The normalized spacial score (nSPS) is 19.4. The smallest absolute Gasteiger partial charge is 0.240 e. The molecule has 1 aromatic rings. The predicted octanol–water partition coefficient (Wildman–Crippen LogP) is 1.03. The van der Waals surface area contributed by atoms with Crippen LogP contribution in [0.25, 0.3) is 0 Å². The number of sulfonamides is 1. The second-order valence-corrected chi connectivity index (χ2v) is 6.61. The van der Waals surface area contributed by atoms with E-state index in [9.17, 15) is 13.5 Å². The van der Waals surface area contributed by atoms with Crippen LogP contribution in [-0.4, -0.2) is 39.4 Å². The Morgan fingerprint density at radius 3 is 2.90 bits per heavy atom. The van der Waals surface area contributed by atoms with Crippen molar-refractivity contribution in [1.29, 1.82) is 0 Å². The van der Waals surface area contributed by atoms with Gasteiger partial charge in [-0.05, 0) is 38.0 Å². The Kier molecular flexibility index (Phi) is 5.58. The molecule has 2 rings (SSSR count). The highest BCUT2D eigenvalue weighted by atomic mass is 32.2. The number of hydrogen-bond donors (Lipinski definition) is 2. The zero-order valence-electron chi connectivity index (χ0n) is 12.0. The fraction of sp³-hybridized carbons (Fsp3) is 0.571. The highest BCUT2D eigenvalue weighted by molar-refractivity contribution is 7.89. The van der Waals surface area contributed by atoms with E-state index in [1.165, 1.54) is 12.1 Å². The van der Waals surface area contributed by atoms with Gasteiger partial charge in [0.2, 0.25) is 10.0 Å². The van der Waals surface area contributed by atoms with Crippen LogP contribution < -0.4 is 9.46 Å². The fourth-order valence-electron chi connectivity index (χ4n) is 2.26. The first-order chi connectivity index (χ1) is 10.1. The predicted molar refractivity (Wildman–Crippen MR) is 77.7 cm³/mol. The molecule has 7 heteroatoms. The van der Waals surface area contributed by atoms with Gasteiger partial charge in [0.1, 0.15) is 5.75 Å². The maximum atomic E-state index is 12.3. The molecule has 1 unspecified atom stereocenters. The molecular formula is C14H21NO5S. The molecule has 2 N–H and O–H groups in total. The van der Waals surface area contributed by atoms with Gasteiger partial charge in [-0.1, -0.05) is 0 Å². The summed E-state index contributed by atoms with van der Waals surface area (Å²) in [4.78, 5) is 0.126. The number of aliphatic hydroxyl groups excluding tert-OH is 1. The van der Waals surface area contributed by atoms with Gasteiger partial charge in [-0.2, -0.15) is 0 Å². The minimum absolute atomic E-state index is 0.126. The molecule has 1 aliphatic heterocycles. The molecule has 1 saturated heterocycles. The monoisotopic (exact) mass is 315 g/mol. The lowest BCUT2D eigenvalue weighted by Gasteiger charge is -2.23. The maximum absolute atomic E-state index is 12.3. The van der Waals surface area contributed by atoms with Crippen LogP contribution in [0.4, 0.5) is 0 Å². The van der Waals surface area contributed by atoms with Crippen LogP contribution in [-0.2, 0) is 21.4 Å². The van der Waals surface area contributed by atoms with Crippen molar-refractivity contribution in [2.24, 2.45) is 0 Å².